The number of benzene rings is 2. The largest absolute Gasteiger partial charge is 0.383 e. The summed E-state index contributed by atoms with van der Waals surface area (Å²) in [5.74, 6) is 1.48. The highest BCUT2D eigenvalue weighted by atomic mass is 16.5. The van der Waals surface area contributed by atoms with Gasteiger partial charge in [-0.2, -0.15) is 0 Å². The maximum absolute atomic E-state index is 13.4. The number of hydrogen-bond acceptors (Lipinski definition) is 4. The van der Waals surface area contributed by atoms with Crippen LogP contribution in [0.2, 0.25) is 0 Å². The van der Waals surface area contributed by atoms with Crippen molar-refractivity contribution in [2.45, 2.75) is 58.0 Å². The third kappa shape index (κ3) is 5.81. The molecule has 2 aromatic rings. The molecule has 0 radical (unpaired) electrons. The quantitative estimate of drug-likeness (QED) is 0.521. The van der Waals surface area contributed by atoms with Gasteiger partial charge >= 0.3 is 0 Å². The Morgan fingerprint density at radius 1 is 0.921 bits per heavy atom. The maximum Gasteiger partial charge on any atom is 0.254 e. The average molecular weight is 518 g/mol. The maximum atomic E-state index is 13.4. The highest BCUT2D eigenvalue weighted by Crippen LogP contribution is 2.35. The number of fused-ring (bicyclic) bond motifs is 1. The topological polar surface area (TPSA) is 61.9 Å². The number of carbonyl (C=O) groups excluding carboxylic acids is 2. The van der Waals surface area contributed by atoms with E-state index in [0.717, 1.165) is 80.5 Å². The molecule has 2 heterocycles. The molecule has 38 heavy (non-hydrogen) atoms. The summed E-state index contributed by atoms with van der Waals surface area (Å²) in [6.07, 6.45) is 5.13. The molecule has 0 bridgehead atoms. The van der Waals surface area contributed by atoms with Crippen LogP contribution >= 0.6 is 0 Å². The minimum absolute atomic E-state index is 0.0352. The zero-order valence-electron chi connectivity index (χ0n) is 23.2. The Balaban J connectivity index is 1.25. The molecule has 204 valence electrons. The van der Waals surface area contributed by atoms with E-state index in [1.165, 1.54) is 0 Å². The number of aryl methyl sites for hydroxylation is 2. The number of ether oxygens (including phenoxy) is 1. The first-order chi connectivity index (χ1) is 18.4. The molecule has 3 unspecified atom stereocenters. The van der Waals surface area contributed by atoms with E-state index in [0.29, 0.717) is 18.4 Å². The monoisotopic (exact) mass is 517 g/mol. The van der Waals surface area contributed by atoms with Gasteiger partial charge in [-0.15, -0.1) is 0 Å². The lowest BCUT2D eigenvalue weighted by Crippen LogP contribution is -2.43. The second-order valence-corrected chi connectivity index (χ2v) is 11.7. The van der Waals surface area contributed by atoms with Crippen LogP contribution in [0.1, 0.15) is 65.2 Å². The van der Waals surface area contributed by atoms with E-state index in [1.807, 2.05) is 38.1 Å². The van der Waals surface area contributed by atoms with Crippen LogP contribution in [0.25, 0.3) is 0 Å². The Kier molecular flexibility index (Phi) is 8.49. The van der Waals surface area contributed by atoms with Gasteiger partial charge in [-0.25, -0.2) is 0 Å². The molecular formula is C32H43N3O3. The third-order valence-corrected chi connectivity index (χ3v) is 9.12. The van der Waals surface area contributed by atoms with Crippen LogP contribution < -0.4 is 5.32 Å². The summed E-state index contributed by atoms with van der Waals surface area (Å²) in [7, 11) is 1.77. The molecule has 2 aliphatic heterocycles. The molecule has 0 aromatic heterocycles. The molecule has 1 saturated carbocycles. The summed E-state index contributed by atoms with van der Waals surface area (Å²) in [5.41, 5.74) is 4.14. The molecule has 6 nitrogen and oxygen atoms in total. The number of carbonyl (C=O) groups is 2. The van der Waals surface area contributed by atoms with Gasteiger partial charge < -0.3 is 15.0 Å². The highest BCUT2D eigenvalue weighted by Gasteiger charge is 2.44. The minimum atomic E-state index is -0.0352. The zero-order valence-corrected chi connectivity index (χ0v) is 23.2. The molecule has 1 N–H and O–H groups in total. The van der Waals surface area contributed by atoms with Crippen LogP contribution in [0.4, 0.5) is 0 Å². The van der Waals surface area contributed by atoms with Crippen LogP contribution in [0.5, 0.6) is 0 Å². The second kappa shape index (κ2) is 12.0. The molecule has 2 aromatic carbocycles. The van der Waals surface area contributed by atoms with Crippen molar-refractivity contribution in [3.05, 3.63) is 70.8 Å². The average Bonchev–Trinajstić information content (AvgIpc) is 3.65. The Bertz CT molecular complexity index is 1080. The third-order valence-electron chi connectivity index (χ3n) is 9.12. The number of nitrogens with one attached hydrogen (secondary N) is 1. The van der Waals surface area contributed by atoms with E-state index >= 15 is 0 Å². The molecule has 3 aliphatic rings. The van der Waals surface area contributed by atoms with Gasteiger partial charge in [0.2, 0.25) is 5.91 Å². The summed E-state index contributed by atoms with van der Waals surface area (Å²) in [6, 6.07) is 16.6. The number of rotatable bonds is 9. The first kappa shape index (κ1) is 26.9. The number of methoxy groups -OCH3 is 1. The van der Waals surface area contributed by atoms with Gasteiger partial charge in [0.25, 0.3) is 5.91 Å². The van der Waals surface area contributed by atoms with Gasteiger partial charge in [0.05, 0.1) is 12.6 Å². The predicted molar refractivity (Wildman–Crippen MR) is 150 cm³/mol. The molecule has 5 rings (SSSR count). The van der Waals surface area contributed by atoms with Crippen LogP contribution in [0.15, 0.2) is 48.5 Å². The van der Waals surface area contributed by atoms with Gasteiger partial charge in [-0.1, -0.05) is 61.4 Å². The van der Waals surface area contributed by atoms with Crippen molar-refractivity contribution in [1.82, 2.24) is 15.1 Å². The lowest BCUT2D eigenvalue weighted by atomic mass is 9.97. The fourth-order valence-corrected chi connectivity index (χ4v) is 7.03. The fourth-order valence-electron chi connectivity index (χ4n) is 7.03. The van der Waals surface area contributed by atoms with Gasteiger partial charge in [-0.3, -0.25) is 14.5 Å². The fraction of sp³-hybridized carbons (Fsp3) is 0.562. The first-order valence-corrected chi connectivity index (χ1v) is 14.4. The Hall–Kier alpha value is -2.70. The molecule has 4 atom stereocenters. The predicted octanol–water partition coefficient (Wildman–Crippen LogP) is 4.76. The molecule has 6 heteroatoms. The van der Waals surface area contributed by atoms with Crippen LogP contribution in [0, 0.1) is 31.6 Å². The first-order valence-electron chi connectivity index (χ1n) is 14.4. The van der Waals surface area contributed by atoms with E-state index in [9.17, 15) is 9.59 Å². The van der Waals surface area contributed by atoms with Crippen molar-refractivity contribution in [3.8, 4) is 0 Å². The molecule has 3 fully saturated rings. The van der Waals surface area contributed by atoms with Crippen molar-refractivity contribution >= 4 is 11.8 Å². The van der Waals surface area contributed by atoms with Gasteiger partial charge in [0, 0.05) is 50.8 Å². The van der Waals surface area contributed by atoms with E-state index in [-0.39, 0.29) is 29.8 Å². The summed E-state index contributed by atoms with van der Waals surface area (Å²) >= 11 is 0. The molecular weight excluding hydrogens is 474 g/mol. The molecule has 2 saturated heterocycles. The van der Waals surface area contributed by atoms with Crippen LogP contribution in [-0.2, 0) is 9.53 Å². The summed E-state index contributed by atoms with van der Waals surface area (Å²) in [4.78, 5) is 31.1. The van der Waals surface area contributed by atoms with E-state index in [2.05, 4.69) is 39.4 Å². The van der Waals surface area contributed by atoms with E-state index in [1.54, 1.807) is 7.11 Å². The van der Waals surface area contributed by atoms with E-state index in [4.69, 9.17) is 4.74 Å². The Morgan fingerprint density at radius 3 is 2.16 bits per heavy atom. The van der Waals surface area contributed by atoms with Crippen LogP contribution in [-0.4, -0.2) is 67.6 Å². The van der Waals surface area contributed by atoms with Crippen LogP contribution in [0.3, 0.4) is 0 Å². The molecule has 0 spiro atoms. The van der Waals surface area contributed by atoms with Crippen molar-refractivity contribution in [1.29, 1.82) is 0 Å². The zero-order chi connectivity index (χ0) is 26.6. The summed E-state index contributed by atoms with van der Waals surface area (Å²) in [6.45, 7) is 8.25. The van der Waals surface area contributed by atoms with Crippen molar-refractivity contribution in [3.63, 3.8) is 0 Å². The number of hydrogen-bond donors (Lipinski definition) is 1. The summed E-state index contributed by atoms with van der Waals surface area (Å²) < 4.78 is 5.70. The lowest BCUT2D eigenvalue weighted by Gasteiger charge is -2.33. The van der Waals surface area contributed by atoms with Crippen molar-refractivity contribution < 1.29 is 14.3 Å². The summed E-state index contributed by atoms with van der Waals surface area (Å²) in [5, 5.41) is 3.41. The minimum Gasteiger partial charge on any atom is -0.383 e. The van der Waals surface area contributed by atoms with Gasteiger partial charge in [-0.05, 0) is 61.6 Å². The van der Waals surface area contributed by atoms with Gasteiger partial charge in [0.15, 0.2) is 0 Å². The van der Waals surface area contributed by atoms with Crippen molar-refractivity contribution in [2.24, 2.45) is 17.8 Å². The van der Waals surface area contributed by atoms with E-state index < -0.39 is 0 Å². The highest BCUT2D eigenvalue weighted by molar-refractivity contribution is 5.97. The normalized spacial score (nSPS) is 23.4. The Labute approximate surface area is 227 Å². The van der Waals surface area contributed by atoms with Gasteiger partial charge in [0.1, 0.15) is 0 Å². The number of nitrogens with zero attached hydrogens (tertiary/aromatic N) is 2. The number of likely N-dealkylation sites (tertiary alicyclic amines) is 2. The molecule has 2 amide bonds. The smallest absolute Gasteiger partial charge is 0.254 e. The second-order valence-electron chi connectivity index (χ2n) is 11.7. The number of amides is 2. The lowest BCUT2D eigenvalue weighted by molar-refractivity contribution is -0.125. The molecule has 1 aliphatic carbocycles. The van der Waals surface area contributed by atoms with Crippen molar-refractivity contribution in [2.75, 3.05) is 39.9 Å². The standard InChI is InChI=1S/C32H43N3O3/c1-22-10-9-11-23(2)30(22)32(37)35-19-26-17-34(18-27(26)20-35)28(21-38-3)16-29(24-12-5-4-6-13-24)33-31(36)25-14-7-8-15-25/h4-6,9-13,25-29H,7-8,14-21H2,1-3H3,(H,33,36)/t26?,27?,28?,29-/m0/s1. The Morgan fingerprint density at radius 2 is 1.55 bits per heavy atom. The SMILES string of the molecule is COCC(C[C@H](NC(=O)C1CCCC1)c1ccccc1)N1CC2CN(C(=O)c3c(C)cccc3C)CC2C1.